The Morgan fingerprint density at radius 3 is 2.73 bits per heavy atom. The van der Waals surface area contributed by atoms with E-state index in [9.17, 15) is 4.79 Å². The van der Waals surface area contributed by atoms with Gasteiger partial charge in [-0.2, -0.15) is 4.68 Å². The lowest BCUT2D eigenvalue weighted by Gasteiger charge is -2.28. The number of amides is 1. The van der Waals surface area contributed by atoms with Crippen LogP contribution in [-0.4, -0.2) is 62.6 Å². The highest BCUT2D eigenvalue weighted by molar-refractivity contribution is 8.00. The van der Waals surface area contributed by atoms with E-state index < -0.39 is 0 Å². The summed E-state index contributed by atoms with van der Waals surface area (Å²) < 4.78 is 6.92. The number of thioether (sulfide) groups is 1. The zero-order valence-corrected chi connectivity index (χ0v) is 13.1. The minimum absolute atomic E-state index is 0.0934. The number of carbonyl (C=O) groups excluding carboxylic acids is 1. The largest absolute Gasteiger partial charge is 0.378 e. The van der Waals surface area contributed by atoms with Gasteiger partial charge in [0.05, 0.1) is 24.2 Å². The second kappa shape index (κ2) is 6.89. The number of tetrazole rings is 1. The van der Waals surface area contributed by atoms with E-state index in [2.05, 4.69) is 15.5 Å². The van der Waals surface area contributed by atoms with E-state index in [0.29, 0.717) is 31.5 Å². The highest BCUT2D eigenvalue weighted by atomic mass is 32.2. The van der Waals surface area contributed by atoms with E-state index in [1.165, 1.54) is 11.8 Å². The Bertz CT molecular complexity index is 627. The third kappa shape index (κ3) is 3.28. The van der Waals surface area contributed by atoms with Gasteiger partial charge in [0.15, 0.2) is 0 Å². The van der Waals surface area contributed by atoms with Crippen molar-refractivity contribution in [2.75, 3.05) is 26.3 Å². The lowest BCUT2D eigenvalue weighted by Crippen LogP contribution is -2.44. The standard InChI is InChI=1S/C14H17N5O2S/c1-11(13(20)18-7-9-21-10-8-18)22-14-15-16-17-19(14)12-5-3-2-4-6-12/h2-6,11H,7-10H2,1H3. The fraction of sp³-hybridized carbons (Fsp3) is 0.429. The predicted octanol–water partition coefficient (Wildman–Crippen LogP) is 1.00. The van der Waals surface area contributed by atoms with E-state index in [1.807, 2.05) is 42.2 Å². The Labute approximate surface area is 132 Å². The van der Waals surface area contributed by atoms with Crippen molar-refractivity contribution in [3.05, 3.63) is 30.3 Å². The first-order valence-corrected chi connectivity index (χ1v) is 8.00. The van der Waals surface area contributed by atoms with Crippen LogP contribution in [0.25, 0.3) is 5.69 Å². The molecule has 2 aromatic rings. The normalized spacial score (nSPS) is 16.5. The zero-order chi connectivity index (χ0) is 15.4. The highest BCUT2D eigenvalue weighted by Crippen LogP contribution is 2.24. The predicted molar refractivity (Wildman–Crippen MR) is 81.9 cm³/mol. The van der Waals surface area contributed by atoms with Crippen molar-refractivity contribution >= 4 is 17.7 Å². The quantitative estimate of drug-likeness (QED) is 0.783. The third-order valence-corrected chi connectivity index (χ3v) is 4.41. The summed E-state index contributed by atoms with van der Waals surface area (Å²) in [7, 11) is 0. The fourth-order valence-corrected chi connectivity index (χ4v) is 3.12. The van der Waals surface area contributed by atoms with Crippen molar-refractivity contribution in [3.63, 3.8) is 0 Å². The summed E-state index contributed by atoms with van der Waals surface area (Å²) in [5.41, 5.74) is 0.876. The van der Waals surface area contributed by atoms with Gasteiger partial charge >= 0.3 is 0 Å². The molecule has 0 radical (unpaired) electrons. The van der Waals surface area contributed by atoms with Crippen LogP contribution in [0.3, 0.4) is 0 Å². The van der Waals surface area contributed by atoms with E-state index >= 15 is 0 Å². The van der Waals surface area contributed by atoms with Crippen LogP contribution in [0.4, 0.5) is 0 Å². The summed E-state index contributed by atoms with van der Waals surface area (Å²) in [4.78, 5) is 14.3. The molecule has 1 saturated heterocycles. The minimum Gasteiger partial charge on any atom is -0.378 e. The Hall–Kier alpha value is -1.93. The summed E-state index contributed by atoms with van der Waals surface area (Å²) >= 11 is 1.37. The van der Waals surface area contributed by atoms with E-state index in [0.717, 1.165) is 5.69 Å². The molecule has 0 aliphatic carbocycles. The van der Waals surface area contributed by atoms with Crippen molar-refractivity contribution in [2.24, 2.45) is 0 Å². The minimum atomic E-state index is -0.244. The molecule has 0 N–H and O–H groups in total. The number of para-hydroxylation sites is 1. The molecule has 8 heteroatoms. The molecule has 1 unspecified atom stereocenters. The zero-order valence-electron chi connectivity index (χ0n) is 12.3. The van der Waals surface area contributed by atoms with Gasteiger partial charge in [-0.15, -0.1) is 5.10 Å². The van der Waals surface area contributed by atoms with E-state index in [-0.39, 0.29) is 11.2 Å². The number of nitrogens with zero attached hydrogens (tertiary/aromatic N) is 5. The van der Waals surface area contributed by atoms with Crippen LogP contribution in [0.2, 0.25) is 0 Å². The molecular weight excluding hydrogens is 302 g/mol. The molecule has 7 nitrogen and oxygen atoms in total. The van der Waals surface area contributed by atoms with Crippen LogP contribution in [-0.2, 0) is 9.53 Å². The number of benzene rings is 1. The van der Waals surface area contributed by atoms with Crippen LogP contribution in [0.5, 0.6) is 0 Å². The second-order valence-electron chi connectivity index (χ2n) is 4.91. The van der Waals surface area contributed by atoms with Crippen molar-refractivity contribution < 1.29 is 9.53 Å². The number of morpholine rings is 1. The first-order valence-electron chi connectivity index (χ1n) is 7.12. The number of hydrogen-bond acceptors (Lipinski definition) is 6. The van der Waals surface area contributed by atoms with Crippen molar-refractivity contribution in [3.8, 4) is 5.69 Å². The maximum absolute atomic E-state index is 12.4. The molecule has 1 fully saturated rings. The average molecular weight is 319 g/mol. The summed E-state index contributed by atoms with van der Waals surface area (Å²) in [6.45, 7) is 4.38. The summed E-state index contributed by atoms with van der Waals surface area (Å²) in [6, 6.07) is 9.64. The topological polar surface area (TPSA) is 73.1 Å². The summed E-state index contributed by atoms with van der Waals surface area (Å²) in [5.74, 6) is 0.0934. The molecule has 116 valence electrons. The molecule has 2 heterocycles. The number of aromatic nitrogens is 4. The van der Waals surface area contributed by atoms with E-state index in [1.54, 1.807) is 4.68 Å². The Morgan fingerprint density at radius 1 is 1.27 bits per heavy atom. The van der Waals surface area contributed by atoms with Gasteiger partial charge in [-0.25, -0.2) is 0 Å². The van der Waals surface area contributed by atoms with Gasteiger partial charge in [0.2, 0.25) is 11.1 Å². The number of ether oxygens (including phenoxy) is 1. The van der Waals surface area contributed by atoms with Crippen molar-refractivity contribution in [1.82, 2.24) is 25.1 Å². The molecule has 0 saturated carbocycles. The summed E-state index contributed by atoms with van der Waals surface area (Å²) in [6.07, 6.45) is 0. The molecule has 1 amide bonds. The molecule has 1 aromatic heterocycles. The van der Waals surface area contributed by atoms with Gasteiger partial charge in [-0.05, 0) is 29.5 Å². The molecule has 0 spiro atoms. The SMILES string of the molecule is CC(Sc1nnnn1-c1ccccc1)C(=O)N1CCOCC1. The monoisotopic (exact) mass is 319 g/mol. The highest BCUT2D eigenvalue weighted by Gasteiger charge is 2.25. The molecule has 1 atom stereocenters. The number of rotatable bonds is 4. The number of hydrogen-bond donors (Lipinski definition) is 0. The fourth-order valence-electron chi connectivity index (χ4n) is 2.23. The summed E-state index contributed by atoms with van der Waals surface area (Å²) in [5, 5.41) is 12.1. The van der Waals surface area contributed by atoms with Crippen molar-refractivity contribution in [2.45, 2.75) is 17.3 Å². The molecule has 1 aliphatic heterocycles. The van der Waals surface area contributed by atoms with Crippen LogP contribution >= 0.6 is 11.8 Å². The first-order chi connectivity index (χ1) is 10.8. The van der Waals surface area contributed by atoms with Crippen LogP contribution < -0.4 is 0 Å². The molecule has 22 heavy (non-hydrogen) atoms. The molecular formula is C14H17N5O2S. The van der Waals surface area contributed by atoms with Crippen LogP contribution in [0.1, 0.15) is 6.92 Å². The molecule has 0 bridgehead atoms. The van der Waals surface area contributed by atoms with Crippen LogP contribution in [0, 0.1) is 0 Å². The van der Waals surface area contributed by atoms with Gasteiger partial charge in [0.25, 0.3) is 0 Å². The average Bonchev–Trinajstić information content (AvgIpc) is 3.04. The van der Waals surface area contributed by atoms with Crippen LogP contribution in [0.15, 0.2) is 35.5 Å². The molecule has 3 rings (SSSR count). The Balaban J connectivity index is 1.71. The number of carbonyl (C=O) groups is 1. The first kappa shape index (κ1) is 15.0. The lowest BCUT2D eigenvalue weighted by atomic mass is 10.3. The van der Waals surface area contributed by atoms with Gasteiger partial charge in [0, 0.05) is 13.1 Å². The third-order valence-electron chi connectivity index (χ3n) is 3.39. The maximum Gasteiger partial charge on any atom is 0.236 e. The molecule has 1 aliphatic rings. The van der Waals surface area contributed by atoms with Gasteiger partial charge in [0.1, 0.15) is 0 Å². The van der Waals surface area contributed by atoms with E-state index in [4.69, 9.17) is 4.74 Å². The maximum atomic E-state index is 12.4. The molecule has 1 aromatic carbocycles. The Morgan fingerprint density at radius 2 is 2.00 bits per heavy atom. The second-order valence-corrected chi connectivity index (χ2v) is 6.21. The van der Waals surface area contributed by atoms with Gasteiger partial charge in [-0.3, -0.25) is 4.79 Å². The lowest BCUT2D eigenvalue weighted by molar-refractivity contribution is -0.134. The smallest absolute Gasteiger partial charge is 0.236 e. The Kier molecular flexibility index (Phi) is 4.69. The van der Waals surface area contributed by atoms with Crippen molar-refractivity contribution in [1.29, 1.82) is 0 Å². The van der Waals surface area contributed by atoms with Gasteiger partial charge < -0.3 is 9.64 Å². The van der Waals surface area contributed by atoms with Gasteiger partial charge in [-0.1, -0.05) is 30.0 Å².